The van der Waals surface area contributed by atoms with Gasteiger partial charge in [-0.15, -0.1) is 0 Å². The summed E-state index contributed by atoms with van der Waals surface area (Å²) in [5.74, 6) is -1.17. The second kappa shape index (κ2) is 8.62. The number of nitrogens with one attached hydrogen (secondary N) is 2. The Morgan fingerprint density at radius 1 is 1.26 bits per heavy atom. The van der Waals surface area contributed by atoms with E-state index in [1.54, 1.807) is 6.07 Å². The van der Waals surface area contributed by atoms with Crippen LogP contribution >= 0.6 is 0 Å². The van der Waals surface area contributed by atoms with Crippen molar-refractivity contribution >= 4 is 23.7 Å². The van der Waals surface area contributed by atoms with E-state index >= 15 is 0 Å². The molecule has 0 unspecified atom stereocenters. The van der Waals surface area contributed by atoms with Gasteiger partial charge < -0.3 is 25.2 Å². The predicted molar refractivity (Wildman–Crippen MR) is 82.8 cm³/mol. The van der Waals surface area contributed by atoms with E-state index in [-0.39, 0.29) is 30.3 Å². The normalized spacial score (nSPS) is 10.1. The molecule has 0 heterocycles. The number of benzene rings is 1. The number of carboxylic acid groups (broad SMARTS) is 1. The monoisotopic (exact) mass is 324 g/mol. The first-order chi connectivity index (χ1) is 10.8. The lowest BCUT2D eigenvalue weighted by Gasteiger charge is -2.16. The highest BCUT2D eigenvalue weighted by Crippen LogP contribution is 2.27. The summed E-state index contributed by atoms with van der Waals surface area (Å²) in [5, 5.41) is 13.5. The number of esters is 1. The molecule has 0 saturated carbocycles. The molecular formula is C15H20N2O6. The SMILES string of the molecule is COC(=O)c1ccc(OC(C)C)c(NC(=O)NCCC(=O)O)c1. The predicted octanol–water partition coefficient (Wildman–Crippen LogP) is 1.86. The lowest BCUT2D eigenvalue weighted by atomic mass is 10.2. The minimum atomic E-state index is -1.01. The fourth-order valence-electron chi connectivity index (χ4n) is 1.68. The molecule has 23 heavy (non-hydrogen) atoms. The lowest BCUT2D eigenvalue weighted by Crippen LogP contribution is -2.31. The minimum absolute atomic E-state index is 0.0156. The largest absolute Gasteiger partial charge is 0.489 e. The number of carbonyl (C=O) groups excluding carboxylic acids is 2. The highest BCUT2D eigenvalue weighted by molar-refractivity contribution is 5.95. The zero-order valence-electron chi connectivity index (χ0n) is 13.2. The summed E-state index contributed by atoms with van der Waals surface area (Å²) in [6.45, 7) is 3.63. The maximum atomic E-state index is 11.8. The van der Waals surface area contributed by atoms with Crippen LogP contribution in [0.5, 0.6) is 5.75 Å². The van der Waals surface area contributed by atoms with Crippen molar-refractivity contribution in [2.24, 2.45) is 0 Å². The molecule has 0 bridgehead atoms. The van der Waals surface area contributed by atoms with Crippen LogP contribution in [0.2, 0.25) is 0 Å². The van der Waals surface area contributed by atoms with E-state index in [0.29, 0.717) is 5.75 Å². The van der Waals surface area contributed by atoms with Gasteiger partial charge in [-0.05, 0) is 32.0 Å². The van der Waals surface area contributed by atoms with Crippen molar-refractivity contribution in [3.05, 3.63) is 23.8 Å². The van der Waals surface area contributed by atoms with E-state index in [1.165, 1.54) is 19.2 Å². The van der Waals surface area contributed by atoms with Crippen LogP contribution in [0.25, 0.3) is 0 Å². The quantitative estimate of drug-likeness (QED) is 0.660. The average molecular weight is 324 g/mol. The Balaban J connectivity index is 2.88. The first kappa shape index (κ1) is 18.3. The molecule has 0 fully saturated rings. The first-order valence-corrected chi connectivity index (χ1v) is 6.99. The Labute approximate surface area is 133 Å². The van der Waals surface area contributed by atoms with Gasteiger partial charge in [0.1, 0.15) is 5.75 Å². The summed E-state index contributed by atoms with van der Waals surface area (Å²) in [7, 11) is 1.26. The van der Waals surface area contributed by atoms with Crippen LogP contribution in [0.15, 0.2) is 18.2 Å². The van der Waals surface area contributed by atoms with Crippen molar-refractivity contribution in [1.29, 1.82) is 0 Å². The van der Waals surface area contributed by atoms with Crippen molar-refractivity contribution in [3.63, 3.8) is 0 Å². The number of ether oxygens (including phenoxy) is 2. The number of carbonyl (C=O) groups is 3. The molecule has 3 N–H and O–H groups in total. The zero-order valence-corrected chi connectivity index (χ0v) is 13.2. The Morgan fingerprint density at radius 2 is 1.96 bits per heavy atom. The fourth-order valence-corrected chi connectivity index (χ4v) is 1.68. The number of amides is 2. The average Bonchev–Trinajstić information content (AvgIpc) is 2.47. The summed E-state index contributed by atoms with van der Waals surface area (Å²) < 4.78 is 10.2. The van der Waals surface area contributed by atoms with Gasteiger partial charge in [-0.3, -0.25) is 4.79 Å². The second-order valence-corrected chi connectivity index (χ2v) is 4.89. The van der Waals surface area contributed by atoms with E-state index in [1.807, 2.05) is 13.8 Å². The molecule has 0 radical (unpaired) electrons. The maximum Gasteiger partial charge on any atom is 0.337 e. The Hall–Kier alpha value is -2.77. The van der Waals surface area contributed by atoms with E-state index in [2.05, 4.69) is 15.4 Å². The number of hydrogen-bond donors (Lipinski definition) is 3. The molecule has 0 aliphatic heterocycles. The van der Waals surface area contributed by atoms with E-state index in [9.17, 15) is 14.4 Å². The standard InChI is InChI=1S/C15H20N2O6/c1-9(2)23-12-5-4-10(14(20)22-3)8-11(12)17-15(21)16-7-6-13(18)19/h4-5,8-9H,6-7H2,1-3H3,(H,18,19)(H2,16,17,21). The maximum absolute atomic E-state index is 11.8. The number of urea groups is 1. The number of methoxy groups -OCH3 is 1. The number of anilines is 1. The third kappa shape index (κ3) is 6.25. The molecule has 2 amide bonds. The molecule has 8 nitrogen and oxygen atoms in total. The van der Waals surface area contributed by atoms with Gasteiger partial charge in [0.25, 0.3) is 0 Å². The molecule has 1 aromatic rings. The lowest BCUT2D eigenvalue weighted by molar-refractivity contribution is -0.136. The number of carboxylic acids is 1. The van der Waals surface area contributed by atoms with Crippen molar-refractivity contribution in [3.8, 4) is 5.75 Å². The number of rotatable bonds is 7. The molecule has 0 aromatic heterocycles. The first-order valence-electron chi connectivity index (χ1n) is 6.99. The molecule has 126 valence electrons. The minimum Gasteiger partial charge on any atom is -0.489 e. The van der Waals surface area contributed by atoms with Gasteiger partial charge in [-0.25, -0.2) is 9.59 Å². The van der Waals surface area contributed by atoms with Crippen LogP contribution in [-0.2, 0) is 9.53 Å². The summed E-state index contributed by atoms with van der Waals surface area (Å²) in [6, 6.07) is 3.91. The summed E-state index contributed by atoms with van der Waals surface area (Å²) >= 11 is 0. The van der Waals surface area contributed by atoms with E-state index in [4.69, 9.17) is 9.84 Å². The van der Waals surface area contributed by atoms with Gasteiger partial charge >= 0.3 is 18.0 Å². The van der Waals surface area contributed by atoms with Crippen LogP contribution in [0.4, 0.5) is 10.5 Å². The van der Waals surface area contributed by atoms with Crippen LogP contribution in [0, 0.1) is 0 Å². The fraction of sp³-hybridized carbons (Fsp3) is 0.400. The second-order valence-electron chi connectivity index (χ2n) is 4.89. The number of aliphatic carboxylic acids is 1. The zero-order chi connectivity index (χ0) is 17.4. The van der Waals surface area contributed by atoms with Crippen LogP contribution in [0.3, 0.4) is 0 Å². The van der Waals surface area contributed by atoms with Crippen molar-refractivity contribution in [2.45, 2.75) is 26.4 Å². The molecule has 0 saturated heterocycles. The highest BCUT2D eigenvalue weighted by Gasteiger charge is 2.14. The van der Waals surface area contributed by atoms with Crippen LogP contribution < -0.4 is 15.4 Å². The van der Waals surface area contributed by atoms with Gasteiger partial charge in [0, 0.05) is 6.54 Å². The van der Waals surface area contributed by atoms with Gasteiger partial charge in [0.05, 0.1) is 30.9 Å². The third-order valence-electron chi connectivity index (χ3n) is 2.64. The Bertz CT molecular complexity index is 585. The van der Waals surface area contributed by atoms with Gasteiger partial charge in [0.2, 0.25) is 0 Å². The number of hydrogen-bond acceptors (Lipinski definition) is 5. The van der Waals surface area contributed by atoms with Gasteiger partial charge in [-0.2, -0.15) is 0 Å². The summed E-state index contributed by atoms with van der Waals surface area (Å²) in [5.41, 5.74) is 0.541. The Morgan fingerprint density at radius 3 is 2.52 bits per heavy atom. The van der Waals surface area contributed by atoms with E-state index in [0.717, 1.165) is 0 Å². The molecule has 0 aliphatic carbocycles. The van der Waals surface area contributed by atoms with Crippen molar-refractivity contribution in [2.75, 3.05) is 19.0 Å². The van der Waals surface area contributed by atoms with Crippen LogP contribution in [0.1, 0.15) is 30.6 Å². The van der Waals surface area contributed by atoms with Gasteiger partial charge in [-0.1, -0.05) is 0 Å². The molecular weight excluding hydrogens is 304 g/mol. The van der Waals surface area contributed by atoms with Crippen molar-refractivity contribution in [1.82, 2.24) is 5.32 Å². The summed E-state index contributed by atoms with van der Waals surface area (Å²) in [6.07, 6.45) is -0.320. The third-order valence-corrected chi connectivity index (χ3v) is 2.64. The van der Waals surface area contributed by atoms with Gasteiger partial charge in [0.15, 0.2) is 0 Å². The smallest absolute Gasteiger partial charge is 0.337 e. The van der Waals surface area contributed by atoms with Crippen LogP contribution in [-0.4, -0.2) is 42.8 Å². The summed E-state index contributed by atoms with van der Waals surface area (Å²) in [4.78, 5) is 33.8. The van der Waals surface area contributed by atoms with Crippen molar-refractivity contribution < 1.29 is 29.0 Å². The Kier molecular flexibility index (Phi) is 6.85. The topological polar surface area (TPSA) is 114 Å². The molecule has 0 aliphatic rings. The molecule has 1 rings (SSSR count). The molecule has 1 aromatic carbocycles. The molecule has 0 atom stereocenters. The van der Waals surface area contributed by atoms with E-state index < -0.39 is 18.0 Å². The molecule has 0 spiro atoms. The highest BCUT2D eigenvalue weighted by atomic mass is 16.5. The molecule has 8 heteroatoms.